The first-order chi connectivity index (χ1) is 8.94. The maximum atomic E-state index is 11.7. The number of hydrogen-bond donors (Lipinski definition) is 1. The molecule has 0 aliphatic carbocycles. The quantitative estimate of drug-likeness (QED) is 0.934. The van der Waals surface area contributed by atoms with E-state index in [0.29, 0.717) is 24.6 Å². The van der Waals surface area contributed by atoms with E-state index in [2.05, 4.69) is 15.5 Å². The van der Waals surface area contributed by atoms with Gasteiger partial charge in [0.15, 0.2) is 0 Å². The van der Waals surface area contributed by atoms with Crippen molar-refractivity contribution in [3.63, 3.8) is 0 Å². The summed E-state index contributed by atoms with van der Waals surface area (Å²) < 4.78 is 5.13. The Balaban J connectivity index is 1.89. The van der Waals surface area contributed by atoms with Crippen molar-refractivity contribution < 1.29 is 9.32 Å². The van der Waals surface area contributed by atoms with Crippen LogP contribution >= 0.6 is 11.3 Å². The van der Waals surface area contributed by atoms with Crippen molar-refractivity contribution in [1.29, 1.82) is 0 Å². The Morgan fingerprint density at radius 2 is 2.26 bits per heavy atom. The molecule has 0 fully saturated rings. The van der Waals surface area contributed by atoms with Crippen molar-refractivity contribution >= 4 is 17.2 Å². The third-order valence-corrected chi connectivity index (χ3v) is 3.16. The normalized spacial score (nSPS) is 11.5. The summed E-state index contributed by atoms with van der Waals surface area (Å²) >= 11 is 1.56. The van der Waals surface area contributed by atoms with E-state index < -0.39 is 0 Å². The highest BCUT2D eigenvalue weighted by atomic mass is 32.1. The number of nitrogens with zero attached hydrogens (tertiary/aromatic N) is 2. The minimum absolute atomic E-state index is 0.0108. The number of thiophene rings is 1. The Hall–Kier alpha value is -1.69. The summed E-state index contributed by atoms with van der Waals surface area (Å²) in [5, 5.41) is 8.76. The molecule has 2 aromatic heterocycles. The first kappa shape index (κ1) is 13.7. The molecule has 1 amide bonds. The van der Waals surface area contributed by atoms with E-state index in [0.717, 1.165) is 4.88 Å². The second-order valence-electron chi connectivity index (χ2n) is 5.29. The van der Waals surface area contributed by atoms with Crippen LogP contribution in [0.2, 0.25) is 0 Å². The van der Waals surface area contributed by atoms with E-state index in [1.165, 1.54) is 0 Å². The topological polar surface area (TPSA) is 68.0 Å². The van der Waals surface area contributed by atoms with Crippen LogP contribution in [-0.4, -0.2) is 21.6 Å². The van der Waals surface area contributed by atoms with Crippen LogP contribution in [0.3, 0.4) is 0 Å². The highest BCUT2D eigenvalue weighted by Crippen LogP contribution is 2.21. The summed E-state index contributed by atoms with van der Waals surface area (Å²) in [5.74, 6) is 1.07. The Morgan fingerprint density at radius 3 is 2.89 bits per heavy atom. The monoisotopic (exact) mass is 279 g/mol. The number of amides is 1. The molecule has 0 aliphatic heterocycles. The van der Waals surface area contributed by atoms with Crippen LogP contribution in [0, 0.1) is 0 Å². The van der Waals surface area contributed by atoms with Crippen LogP contribution in [0.25, 0.3) is 10.7 Å². The Morgan fingerprint density at radius 1 is 1.47 bits per heavy atom. The molecule has 2 rings (SSSR count). The van der Waals surface area contributed by atoms with Crippen LogP contribution in [0.4, 0.5) is 0 Å². The largest absolute Gasteiger partial charge is 0.351 e. The van der Waals surface area contributed by atoms with Gasteiger partial charge in [0.05, 0.1) is 4.88 Å². The smallest absolute Gasteiger partial charge is 0.227 e. The zero-order valence-electron chi connectivity index (χ0n) is 11.3. The third-order valence-electron chi connectivity index (χ3n) is 2.29. The highest BCUT2D eigenvalue weighted by Gasteiger charge is 2.15. The zero-order chi connectivity index (χ0) is 13.9. The van der Waals surface area contributed by atoms with E-state index in [1.807, 2.05) is 38.3 Å². The van der Waals surface area contributed by atoms with E-state index >= 15 is 0 Å². The predicted molar refractivity (Wildman–Crippen MR) is 73.8 cm³/mol. The highest BCUT2D eigenvalue weighted by molar-refractivity contribution is 7.13. The number of aryl methyl sites for hydroxylation is 1. The standard InChI is InChI=1S/C13H17N3O2S/c1-13(2,3)15-10(17)6-7-11-14-12(16-18-11)9-5-4-8-19-9/h4-5,8H,6-7H2,1-3H3,(H,15,17). The van der Waals surface area contributed by atoms with Gasteiger partial charge >= 0.3 is 0 Å². The number of aromatic nitrogens is 2. The van der Waals surface area contributed by atoms with Crippen molar-refractivity contribution in [2.75, 3.05) is 0 Å². The molecule has 0 aromatic carbocycles. The second kappa shape index (κ2) is 5.52. The molecule has 102 valence electrons. The first-order valence-corrected chi connectivity index (χ1v) is 6.99. The van der Waals surface area contributed by atoms with E-state index in [4.69, 9.17) is 4.52 Å². The zero-order valence-corrected chi connectivity index (χ0v) is 12.1. The molecule has 0 unspecified atom stereocenters. The number of carbonyl (C=O) groups excluding carboxylic acids is 1. The Labute approximate surface area is 116 Å². The van der Waals surface area contributed by atoms with Gasteiger partial charge < -0.3 is 9.84 Å². The molecule has 0 saturated heterocycles. The van der Waals surface area contributed by atoms with Crippen molar-refractivity contribution in [2.24, 2.45) is 0 Å². The number of nitrogens with one attached hydrogen (secondary N) is 1. The van der Waals surface area contributed by atoms with E-state index in [9.17, 15) is 4.79 Å². The second-order valence-corrected chi connectivity index (χ2v) is 6.23. The molecule has 0 aliphatic rings. The van der Waals surface area contributed by atoms with Gasteiger partial charge in [-0.25, -0.2) is 0 Å². The van der Waals surface area contributed by atoms with Crippen LogP contribution < -0.4 is 5.32 Å². The lowest BCUT2D eigenvalue weighted by Crippen LogP contribution is -2.40. The van der Waals surface area contributed by atoms with Gasteiger partial charge in [0.2, 0.25) is 17.6 Å². The molecular weight excluding hydrogens is 262 g/mol. The van der Waals surface area contributed by atoms with E-state index in [-0.39, 0.29) is 11.4 Å². The average molecular weight is 279 g/mol. The van der Waals surface area contributed by atoms with Gasteiger partial charge in [-0.1, -0.05) is 11.2 Å². The molecule has 0 saturated carbocycles. The van der Waals surface area contributed by atoms with Gasteiger partial charge in [-0.05, 0) is 32.2 Å². The van der Waals surface area contributed by atoms with Gasteiger partial charge in [-0.3, -0.25) is 4.79 Å². The molecule has 0 atom stereocenters. The molecule has 5 nitrogen and oxygen atoms in total. The summed E-state index contributed by atoms with van der Waals surface area (Å²) in [5.41, 5.74) is -0.214. The molecule has 1 N–H and O–H groups in total. The summed E-state index contributed by atoms with van der Waals surface area (Å²) in [7, 11) is 0. The summed E-state index contributed by atoms with van der Waals surface area (Å²) in [6.45, 7) is 5.85. The SMILES string of the molecule is CC(C)(C)NC(=O)CCc1nc(-c2cccs2)no1. The minimum atomic E-state index is -0.214. The van der Waals surface area contributed by atoms with Crippen molar-refractivity contribution in [2.45, 2.75) is 39.2 Å². The van der Waals surface area contributed by atoms with Crippen LogP contribution in [0.15, 0.2) is 22.0 Å². The molecule has 2 heterocycles. The van der Waals surface area contributed by atoms with E-state index in [1.54, 1.807) is 11.3 Å². The fourth-order valence-electron chi connectivity index (χ4n) is 1.56. The van der Waals surface area contributed by atoms with Crippen molar-refractivity contribution in [1.82, 2.24) is 15.5 Å². The molecule has 6 heteroatoms. The summed E-state index contributed by atoms with van der Waals surface area (Å²) in [4.78, 5) is 16.9. The molecule has 0 bridgehead atoms. The lowest BCUT2D eigenvalue weighted by Gasteiger charge is -2.20. The maximum absolute atomic E-state index is 11.7. The Kier molecular flexibility index (Phi) is 3.99. The lowest BCUT2D eigenvalue weighted by atomic mass is 10.1. The predicted octanol–water partition coefficient (Wildman–Crippen LogP) is 2.65. The van der Waals surface area contributed by atoms with Crippen molar-refractivity contribution in [3.05, 3.63) is 23.4 Å². The van der Waals surface area contributed by atoms with Gasteiger partial charge in [0.1, 0.15) is 0 Å². The Bertz CT molecular complexity index is 540. The fourth-order valence-corrected chi connectivity index (χ4v) is 2.21. The van der Waals surface area contributed by atoms with Gasteiger partial charge in [0, 0.05) is 18.4 Å². The molecular formula is C13H17N3O2S. The van der Waals surface area contributed by atoms with Crippen LogP contribution in [-0.2, 0) is 11.2 Å². The lowest BCUT2D eigenvalue weighted by molar-refractivity contribution is -0.122. The molecule has 19 heavy (non-hydrogen) atoms. The maximum Gasteiger partial charge on any atom is 0.227 e. The van der Waals surface area contributed by atoms with Crippen molar-refractivity contribution in [3.8, 4) is 10.7 Å². The van der Waals surface area contributed by atoms with Gasteiger partial charge in [-0.15, -0.1) is 11.3 Å². The third kappa shape index (κ3) is 4.17. The fraction of sp³-hybridized carbons (Fsp3) is 0.462. The van der Waals surface area contributed by atoms with Crippen LogP contribution in [0.5, 0.6) is 0 Å². The first-order valence-electron chi connectivity index (χ1n) is 6.11. The summed E-state index contributed by atoms with van der Waals surface area (Å²) in [6, 6.07) is 3.87. The molecule has 0 radical (unpaired) electrons. The average Bonchev–Trinajstić information content (AvgIpc) is 2.95. The summed E-state index contributed by atoms with van der Waals surface area (Å²) in [6.07, 6.45) is 0.809. The number of carbonyl (C=O) groups is 1. The molecule has 2 aromatic rings. The van der Waals surface area contributed by atoms with Gasteiger partial charge in [0.25, 0.3) is 0 Å². The van der Waals surface area contributed by atoms with Crippen LogP contribution in [0.1, 0.15) is 33.1 Å². The minimum Gasteiger partial charge on any atom is -0.351 e. The number of hydrogen-bond acceptors (Lipinski definition) is 5. The van der Waals surface area contributed by atoms with Gasteiger partial charge in [-0.2, -0.15) is 4.98 Å². The molecule has 0 spiro atoms. The number of rotatable bonds is 4.